The first-order valence-electron chi connectivity index (χ1n) is 6.84. The van der Waals surface area contributed by atoms with Crippen molar-refractivity contribution in [2.45, 2.75) is 31.8 Å². The van der Waals surface area contributed by atoms with Crippen molar-refractivity contribution in [1.82, 2.24) is 4.90 Å². The molecule has 19 heavy (non-hydrogen) atoms. The Balaban J connectivity index is 2.72. The first-order chi connectivity index (χ1) is 9.13. The minimum atomic E-state index is -0.507. The van der Waals surface area contributed by atoms with Crippen LogP contribution in [0.15, 0.2) is 23.1 Å². The maximum Gasteiger partial charge on any atom is 0.125 e. The highest BCUT2D eigenvalue weighted by molar-refractivity contribution is 7.99. The van der Waals surface area contributed by atoms with Gasteiger partial charge < -0.3 is 14.7 Å². The predicted molar refractivity (Wildman–Crippen MR) is 82.1 cm³/mol. The number of rotatable bonds is 8. The van der Waals surface area contributed by atoms with Crippen molar-refractivity contribution < 1.29 is 9.84 Å². The van der Waals surface area contributed by atoms with Gasteiger partial charge in [0.25, 0.3) is 0 Å². The van der Waals surface area contributed by atoms with E-state index in [-0.39, 0.29) is 0 Å². The molecule has 0 fully saturated rings. The van der Waals surface area contributed by atoms with E-state index in [0.29, 0.717) is 0 Å². The number of benzene rings is 1. The van der Waals surface area contributed by atoms with Gasteiger partial charge in [0.2, 0.25) is 0 Å². The lowest BCUT2D eigenvalue weighted by atomic mass is 10.1. The molecule has 0 aliphatic rings. The van der Waals surface area contributed by atoms with E-state index in [4.69, 9.17) is 4.74 Å². The average molecular weight is 283 g/mol. The van der Waals surface area contributed by atoms with Crippen molar-refractivity contribution in [3.05, 3.63) is 23.8 Å². The van der Waals surface area contributed by atoms with Gasteiger partial charge in [0, 0.05) is 22.8 Å². The number of methoxy groups -OCH3 is 1. The van der Waals surface area contributed by atoms with Gasteiger partial charge in [-0.2, -0.15) is 0 Å². The highest BCUT2D eigenvalue weighted by atomic mass is 32.2. The summed E-state index contributed by atoms with van der Waals surface area (Å²) in [4.78, 5) is 3.51. The molecule has 0 saturated heterocycles. The largest absolute Gasteiger partial charge is 0.496 e. The van der Waals surface area contributed by atoms with E-state index in [2.05, 4.69) is 24.8 Å². The normalized spacial score (nSPS) is 12.7. The minimum absolute atomic E-state index is 0.507. The summed E-state index contributed by atoms with van der Waals surface area (Å²) in [6.45, 7) is 9.37. The fourth-order valence-corrected chi connectivity index (χ4v) is 3.23. The number of hydrogen-bond donors (Lipinski definition) is 1. The number of nitrogens with zero attached hydrogens (tertiary/aromatic N) is 1. The van der Waals surface area contributed by atoms with Gasteiger partial charge in [-0.25, -0.2) is 0 Å². The minimum Gasteiger partial charge on any atom is -0.496 e. The summed E-state index contributed by atoms with van der Waals surface area (Å²) in [5.74, 6) is 1.79. The van der Waals surface area contributed by atoms with E-state index >= 15 is 0 Å². The smallest absolute Gasteiger partial charge is 0.125 e. The van der Waals surface area contributed by atoms with Crippen LogP contribution in [0.2, 0.25) is 0 Å². The molecule has 0 amide bonds. The molecular formula is C15H25NO2S. The second kappa shape index (κ2) is 8.46. The van der Waals surface area contributed by atoms with Crippen molar-refractivity contribution in [2.75, 3.05) is 32.5 Å². The van der Waals surface area contributed by atoms with Crippen LogP contribution in [0.1, 0.15) is 32.4 Å². The highest BCUT2D eigenvalue weighted by Gasteiger charge is 2.14. The van der Waals surface area contributed by atoms with Crippen LogP contribution >= 0.6 is 11.8 Å². The Kier molecular flexibility index (Phi) is 7.28. The Hall–Kier alpha value is -0.710. The lowest BCUT2D eigenvalue weighted by molar-refractivity contribution is 0.191. The molecule has 0 heterocycles. The molecule has 0 spiro atoms. The Morgan fingerprint density at radius 2 is 2.00 bits per heavy atom. The van der Waals surface area contributed by atoms with Crippen LogP contribution < -0.4 is 4.74 Å². The number of aliphatic hydroxyl groups excluding tert-OH is 1. The fourth-order valence-electron chi connectivity index (χ4n) is 2.06. The standard InChI is InChI=1S/C15H25NO2S/c1-5-16(6-2)10-11-19-14-9-7-8-13(18-4)15(14)12(3)17/h7-9,12,17H,5-6,10-11H2,1-4H3/t12-/m1/s1. The topological polar surface area (TPSA) is 32.7 Å². The summed E-state index contributed by atoms with van der Waals surface area (Å²) in [7, 11) is 1.64. The third-order valence-electron chi connectivity index (χ3n) is 3.22. The lowest BCUT2D eigenvalue weighted by Gasteiger charge is -2.19. The van der Waals surface area contributed by atoms with Crippen LogP contribution in [0, 0.1) is 0 Å². The Morgan fingerprint density at radius 1 is 1.32 bits per heavy atom. The van der Waals surface area contributed by atoms with E-state index in [1.54, 1.807) is 25.8 Å². The zero-order valence-corrected chi connectivity index (χ0v) is 13.2. The van der Waals surface area contributed by atoms with Gasteiger partial charge in [0.05, 0.1) is 13.2 Å². The fraction of sp³-hybridized carbons (Fsp3) is 0.600. The summed E-state index contributed by atoms with van der Waals surface area (Å²) in [5, 5.41) is 9.91. The average Bonchev–Trinajstić information content (AvgIpc) is 2.42. The summed E-state index contributed by atoms with van der Waals surface area (Å²) in [6, 6.07) is 5.93. The third kappa shape index (κ3) is 4.71. The second-order valence-electron chi connectivity index (χ2n) is 4.42. The van der Waals surface area contributed by atoms with Gasteiger partial charge in [-0.05, 0) is 32.1 Å². The Bertz CT molecular complexity index is 378. The molecule has 3 nitrogen and oxygen atoms in total. The van der Waals surface area contributed by atoms with Crippen LogP contribution in [0.3, 0.4) is 0 Å². The molecular weight excluding hydrogens is 258 g/mol. The predicted octanol–water partition coefficient (Wildman–Crippen LogP) is 3.18. The van der Waals surface area contributed by atoms with Crippen LogP contribution in [-0.4, -0.2) is 42.5 Å². The van der Waals surface area contributed by atoms with Crippen molar-refractivity contribution in [1.29, 1.82) is 0 Å². The molecule has 0 radical (unpaired) electrons. The Morgan fingerprint density at radius 3 is 2.53 bits per heavy atom. The Labute approximate surface area is 121 Å². The quantitative estimate of drug-likeness (QED) is 0.743. The van der Waals surface area contributed by atoms with Crippen molar-refractivity contribution in [2.24, 2.45) is 0 Å². The van der Waals surface area contributed by atoms with Crippen LogP contribution in [0.4, 0.5) is 0 Å². The molecule has 1 N–H and O–H groups in total. The number of ether oxygens (including phenoxy) is 1. The third-order valence-corrected chi connectivity index (χ3v) is 4.28. The van der Waals surface area contributed by atoms with Crippen molar-refractivity contribution in [3.8, 4) is 5.75 Å². The van der Waals surface area contributed by atoms with Gasteiger partial charge >= 0.3 is 0 Å². The highest BCUT2D eigenvalue weighted by Crippen LogP contribution is 2.34. The summed E-state index contributed by atoms with van der Waals surface area (Å²) in [5.41, 5.74) is 0.898. The van der Waals surface area contributed by atoms with E-state index in [1.165, 1.54) is 0 Å². The van der Waals surface area contributed by atoms with E-state index < -0.39 is 6.10 Å². The van der Waals surface area contributed by atoms with Gasteiger partial charge in [-0.1, -0.05) is 19.9 Å². The SMILES string of the molecule is CCN(CC)CCSc1cccc(OC)c1[C@@H](C)O. The monoisotopic (exact) mass is 283 g/mol. The molecule has 0 aromatic heterocycles. The van der Waals surface area contributed by atoms with Crippen LogP contribution in [0.25, 0.3) is 0 Å². The summed E-state index contributed by atoms with van der Waals surface area (Å²) >= 11 is 1.78. The molecule has 1 rings (SSSR count). The maximum absolute atomic E-state index is 9.91. The van der Waals surface area contributed by atoms with Crippen molar-refractivity contribution in [3.63, 3.8) is 0 Å². The zero-order chi connectivity index (χ0) is 14.3. The van der Waals surface area contributed by atoms with Crippen molar-refractivity contribution >= 4 is 11.8 Å². The van der Waals surface area contributed by atoms with Gasteiger partial charge in [-0.3, -0.25) is 0 Å². The first-order valence-corrected chi connectivity index (χ1v) is 7.82. The molecule has 0 aliphatic carbocycles. The zero-order valence-electron chi connectivity index (χ0n) is 12.3. The number of thioether (sulfide) groups is 1. The van der Waals surface area contributed by atoms with E-state index in [1.807, 2.05) is 12.1 Å². The molecule has 0 aliphatic heterocycles. The molecule has 1 atom stereocenters. The van der Waals surface area contributed by atoms with E-state index in [9.17, 15) is 5.11 Å². The number of hydrogen-bond acceptors (Lipinski definition) is 4. The maximum atomic E-state index is 9.91. The molecule has 4 heteroatoms. The van der Waals surface area contributed by atoms with E-state index in [0.717, 1.165) is 41.6 Å². The molecule has 108 valence electrons. The van der Waals surface area contributed by atoms with Gasteiger partial charge in [0.15, 0.2) is 0 Å². The van der Waals surface area contributed by atoms with Crippen LogP contribution in [0.5, 0.6) is 5.75 Å². The van der Waals surface area contributed by atoms with Crippen LogP contribution in [-0.2, 0) is 0 Å². The molecule has 0 bridgehead atoms. The van der Waals surface area contributed by atoms with Gasteiger partial charge in [-0.15, -0.1) is 11.8 Å². The summed E-state index contributed by atoms with van der Waals surface area (Å²) < 4.78 is 5.33. The molecule has 1 aromatic carbocycles. The first kappa shape index (κ1) is 16.3. The summed E-state index contributed by atoms with van der Waals surface area (Å²) in [6.07, 6.45) is -0.507. The molecule has 0 unspecified atom stereocenters. The second-order valence-corrected chi connectivity index (χ2v) is 5.56. The lowest BCUT2D eigenvalue weighted by Crippen LogP contribution is -2.25. The van der Waals surface area contributed by atoms with Gasteiger partial charge in [0.1, 0.15) is 5.75 Å². The number of aliphatic hydroxyl groups is 1. The molecule has 1 aromatic rings. The molecule has 0 saturated carbocycles.